The summed E-state index contributed by atoms with van der Waals surface area (Å²) in [4.78, 5) is 39.7. The first-order chi connectivity index (χ1) is 15.5. The molecule has 33 heavy (non-hydrogen) atoms. The molecule has 0 aromatic rings. The number of Topliss-reactive ketones (excluding diaryl/α,β-unsaturated/α-hetero) is 1. The molecule has 0 bridgehead atoms. The number of carbonyl (C=O) groups is 3. The van der Waals surface area contributed by atoms with Gasteiger partial charge in [-0.3, -0.25) is 14.4 Å². The molecule has 182 valence electrons. The molecule has 0 aliphatic heterocycles. The number of rotatable bonds is 6. The van der Waals surface area contributed by atoms with Gasteiger partial charge in [0.15, 0.2) is 12.4 Å². The molecular weight excluding hydrogens is 424 g/mol. The monoisotopic (exact) mass is 460 g/mol. The highest BCUT2D eigenvalue weighted by Gasteiger charge is 2.65. The lowest BCUT2D eigenvalue weighted by Gasteiger charge is -2.59. The summed E-state index contributed by atoms with van der Waals surface area (Å²) >= 11 is 0. The van der Waals surface area contributed by atoms with Gasteiger partial charge in [0, 0.05) is 5.41 Å². The van der Waals surface area contributed by atoms with E-state index in [-0.39, 0.29) is 23.2 Å². The summed E-state index contributed by atoms with van der Waals surface area (Å²) in [5.74, 6) is -0.257. The zero-order valence-corrected chi connectivity index (χ0v) is 19.9. The summed E-state index contributed by atoms with van der Waals surface area (Å²) < 4.78 is 0. The van der Waals surface area contributed by atoms with Crippen molar-refractivity contribution in [3.8, 4) is 0 Å². The number of allylic oxidation sites excluding steroid dienone is 2. The summed E-state index contributed by atoms with van der Waals surface area (Å²) in [5.41, 5.74) is 0.781. The van der Waals surface area contributed by atoms with Gasteiger partial charge in [0.2, 0.25) is 0 Å². The van der Waals surface area contributed by atoms with Gasteiger partial charge in [-0.25, -0.2) is 0 Å². The molecule has 0 radical (unpaired) electrons. The van der Waals surface area contributed by atoms with Crippen LogP contribution >= 0.6 is 0 Å². The van der Waals surface area contributed by atoms with Gasteiger partial charge in [0.1, 0.15) is 12.1 Å². The number of aliphatic hydroxyl groups is 1. The van der Waals surface area contributed by atoms with Crippen molar-refractivity contribution < 1.29 is 29.4 Å². The highest BCUT2D eigenvalue weighted by molar-refractivity contribution is 5.96. The van der Waals surface area contributed by atoms with Gasteiger partial charge in [-0.05, 0) is 87.5 Å². The number of ketones is 1. The lowest BCUT2D eigenvalue weighted by molar-refractivity contribution is -0.159. The molecule has 4 aliphatic rings. The Labute approximate surface area is 194 Å². The number of aliphatic carboxylic acids is 1. The predicted octanol–water partition coefficient (Wildman–Crippen LogP) is 2.84. The number of carboxylic acid groups (broad SMARTS) is 1. The molecular formula is C25H36N2O6. The van der Waals surface area contributed by atoms with Crippen LogP contribution in [0.2, 0.25) is 0 Å². The fraction of sp³-hybridized carbons (Fsp3) is 0.760. The molecule has 0 heterocycles. The first-order valence-electron chi connectivity index (χ1n) is 12.1. The normalized spacial score (nSPS) is 40.8. The van der Waals surface area contributed by atoms with Crippen LogP contribution < -0.4 is 5.32 Å². The van der Waals surface area contributed by atoms with Gasteiger partial charge in [-0.2, -0.15) is 0 Å². The maximum Gasteiger partial charge on any atom is 0.322 e. The van der Waals surface area contributed by atoms with Crippen molar-refractivity contribution in [2.24, 2.45) is 33.7 Å². The molecule has 0 unspecified atom stereocenters. The fourth-order valence-corrected chi connectivity index (χ4v) is 7.64. The molecule has 0 aromatic carbocycles. The molecule has 1 amide bonds. The standard InChI is InChI=1S/C25H36N2O6/c1-15(28)25(32)11-8-20-18-5-4-16-12-17(27-33-14-21(29)26-13-22(30)31)6-9-23(16,2)19(18)7-10-24(20,25)3/h12,18-20,32H,4-11,13-14H2,1-3H3,(H,26,29)(H,30,31)/b27-17-/t18-,19+,20+,23-,24+,25+/m0/s1. The quantitative estimate of drug-likeness (QED) is 0.524. The molecule has 3 fully saturated rings. The molecule has 3 saturated carbocycles. The minimum absolute atomic E-state index is 0.0799. The number of nitrogens with zero attached hydrogens (tertiary/aromatic N) is 1. The number of nitrogens with one attached hydrogen (secondary N) is 1. The Kier molecular flexibility index (Phi) is 6.18. The Hall–Kier alpha value is -2.22. The van der Waals surface area contributed by atoms with E-state index in [0.717, 1.165) is 50.7 Å². The second kappa shape index (κ2) is 8.53. The van der Waals surface area contributed by atoms with Crippen LogP contribution in [0.4, 0.5) is 0 Å². The van der Waals surface area contributed by atoms with Crippen LogP contribution in [-0.2, 0) is 19.2 Å². The number of fused-ring (bicyclic) bond motifs is 5. The number of hydrogen-bond acceptors (Lipinski definition) is 6. The third kappa shape index (κ3) is 3.90. The molecule has 3 N–H and O–H groups in total. The van der Waals surface area contributed by atoms with Crippen molar-refractivity contribution in [1.29, 1.82) is 0 Å². The molecule has 6 atom stereocenters. The van der Waals surface area contributed by atoms with Gasteiger partial charge in [0.25, 0.3) is 5.91 Å². The van der Waals surface area contributed by atoms with Crippen LogP contribution in [-0.4, -0.2) is 52.3 Å². The highest BCUT2D eigenvalue weighted by Crippen LogP contribution is 2.67. The van der Waals surface area contributed by atoms with E-state index >= 15 is 0 Å². The van der Waals surface area contributed by atoms with Gasteiger partial charge in [-0.15, -0.1) is 0 Å². The summed E-state index contributed by atoms with van der Waals surface area (Å²) in [5, 5.41) is 26.3. The number of hydrogen-bond donors (Lipinski definition) is 3. The minimum Gasteiger partial charge on any atom is -0.480 e. The Morgan fingerprint density at radius 2 is 1.85 bits per heavy atom. The zero-order chi connectivity index (χ0) is 24.0. The largest absolute Gasteiger partial charge is 0.480 e. The third-order valence-electron chi connectivity index (χ3n) is 9.53. The number of carboxylic acids is 1. The fourth-order valence-electron chi connectivity index (χ4n) is 7.64. The molecule has 0 spiro atoms. The van der Waals surface area contributed by atoms with E-state index in [1.165, 1.54) is 5.57 Å². The van der Waals surface area contributed by atoms with E-state index in [0.29, 0.717) is 24.2 Å². The molecule has 4 aliphatic carbocycles. The Morgan fingerprint density at radius 1 is 1.12 bits per heavy atom. The van der Waals surface area contributed by atoms with Crippen molar-refractivity contribution in [2.45, 2.75) is 77.7 Å². The number of carbonyl (C=O) groups excluding carboxylic acids is 2. The Bertz CT molecular complexity index is 913. The van der Waals surface area contributed by atoms with Crippen LogP contribution in [0.25, 0.3) is 0 Å². The SMILES string of the molecule is CC(=O)[C@]1(O)CC[C@@H]2[C@H]3CCC4=C/C(=N\OCC(=O)NCC(=O)O)CC[C@]4(C)[C@@H]3CC[C@]21C. The van der Waals surface area contributed by atoms with Crippen molar-refractivity contribution in [1.82, 2.24) is 5.32 Å². The lowest BCUT2D eigenvalue weighted by atomic mass is 9.46. The summed E-state index contributed by atoms with van der Waals surface area (Å²) in [6, 6.07) is 0. The first kappa shape index (κ1) is 23.9. The van der Waals surface area contributed by atoms with E-state index in [1.54, 1.807) is 6.92 Å². The maximum absolute atomic E-state index is 12.4. The van der Waals surface area contributed by atoms with Crippen molar-refractivity contribution in [2.75, 3.05) is 13.2 Å². The lowest BCUT2D eigenvalue weighted by Crippen LogP contribution is -2.57. The minimum atomic E-state index is -1.18. The van der Waals surface area contributed by atoms with Crippen LogP contribution in [0.3, 0.4) is 0 Å². The van der Waals surface area contributed by atoms with Gasteiger partial charge in [-0.1, -0.05) is 24.6 Å². The molecule has 0 aromatic heterocycles. The third-order valence-corrected chi connectivity index (χ3v) is 9.53. The van der Waals surface area contributed by atoms with Gasteiger partial charge < -0.3 is 20.4 Å². The summed E-state index contributed by atoms with van der Waals surface area (Å²) in [7, 11) is 0. The zero-order valence-electron chi connectivity index (χ0n) is 19.9. The average Bonchev–Trinajstić information content (AvgIpc) is 3.04. The number of oxime groups is 1. The predicted molar refractivity (Wildman–Crippen MR) is 121 cm³/mol. The second-order valence-corrected chi connectivity index (χ2v) is 10.9. The van der Waals surface area contributed by atoms with E-state index < -0.39 is 24.0 Å². The van der Waals surface area contributed by atoms with Crippen molar-refractivity contribution in [3.05, 3.63) is 11.6 Å². The van der Waals surface area contributed by atoms with Crippen LogP contribution in [0.15, 0.2) is 16.8 Å². The van der Waals surface area contributed by atoms with Crippen molar-refractivity contribution in [3.63, 3.8) is 0 Å². The molecule has 8 nitrogen and oxygen atoms in total. The van der Waals surface area contributed by atoms with Crippen LogP contribution in [0, 0.1) is 28.6 Å². The number of amides is 1. The van der Waals surface area contributed by atoms with Gasteiger partial charge >= 0.3 is 5.97 Å². The van der Waals surface area contributed by atoms with Crippen molar-refractivity contribution >= 4 is 23.4 Å². The first-order valence-corrected chi connectivity index (χ1v) is 12.1. The molecule has 8 heteroatoms. The van der Waals surface area contributed by atoms with E-state index in [1.807, 2.05) is 0 Å². The van der Waals surface area contributed by atoms with Crippen LogP contribution in [0.1, 0.15) is 72.1 Å². The van der Waals surface area contributed by atoms with E-state index in [9.17, 15) is 19.5 Å². The molecule has 4 rings (SSSR count). The Morgan fingerprint density at radius 3 is 2.55 bits per heavy atom. The van der Waals surface area contributed by atoms with E-state index in [2.05, 4.69) is 30.4 Å². The van der Waals surface area contributed by atoms with E-state index in [4.69, 9.17) is 9.94 Å². The smallest absolute Gasteiger partial charge is 0.322 e. The maximum atomic E-state index is 12.4. The highest BCUT2D eigenvalue weighted by atomic mass is 16.6. The van der Waals surface area contributed by atoms with Crippen LogP contribution in [0.5, 0.6) is 0 Å². The topological polar surface area (TPSA) is 125 Å². The van der Waals surface area contributed by atoms with Gasteiger partial charge in [0.05, 0.1) is 5.71 Å². The average molecular weight is 461 g/mol. The summed E-state index contributed by atoms with van der Waals surface area (Å²) in [6.07, 6.45) is 9.30. The second-order valence-electron chi connectivity index (χ2n) is 10.9. The summed E-state index contributed by atoms with van der Waals surface area (Å²) in [6.45, 7) is 5.31. The Balaban J connectivity index is 1.45. The molecule has 0 saturated heterocycles.